The molecule has 0 aliphatic carbocycles. The van der Waals surface area contributed by atoms with Crippen LogP contribution in [0.15, 0.2) is 25.3 Å². The first-order valence-corrected chi connectivity index (χ1v) is 3.08. The van der Waals surface area contributed by atoms with Crippen LogP contribution in [-0.4, -0.2) is 30.8 Å². The van der Waals surface area contributed by atoms with E-state index in [0.29, 0.717) is 0 Å². The van der Waals surface area contributed by atoms with Gasteiger partial charge in [0.1, 0.15) is 0 Å². The van der Waals surface area contributed by atoms with Gasteiger partial charge in [-0.2, -0.15) is 0 Å². The van der Waals surface area contributed by atoms with Crippen LogP contribution in [0.25, 0.3) is 0 Å². The molecule has 0 aromatic carbocycles. The Hall–Kier alpha value is -0.890. The summed E-state index contributed by atoms with van der Waals surface area (Å²) < 4.78 is 0. The minimum atomic E-state index is -0.225. The molecule has 0 saturated heterocycles. The normalized spacial score (nSPS) is 12.7. The molecule has 1 unspecified atom stereocenters. The van der Waals surface area contributed by atoms with E-state index < -0.39 is 0 Å². The molecule has 0 aromatic heterocycles. The summed E-state index contributed by atoms with van der Waals surface area (Å²) in [7, 11) is 3.65. The summed E-state index contributed by atoms with van der Waals surface area (Å²) in [6.45, 7) is 6.93. The number of nitrogens with zero attached hydrogens (tertiary/aromatic N) is 1. The van der Waals surface area contributed by atoms with E-state index in [-0.39, 0.29) is 11.8 Å². The minimum Gasteiger partial charge on any atom is -0.296 e. The van der Waals surface area contributed by atoms with E-state index >= 15 is 0 Å². The van der Waals surface area contributed by atoms with Gasteiger partial charge in [0.25, 0.3) is 0 Å². The first kappa shape index (κ1) is 9.11. The molecular formula is C8H13NO. The lowest BCUT2D eigenvalue weighted by Gasteiger charge is -2.16. The van der Waals surface area contributed by atoms with Gasteiger partial charge in [-0.3, -0.25) is 9.69 Å². The Labute approximate surface area is 61.8 Å². The molecule has 0 aliphatic rings. The van der Waals surface area contributed by atoms with Gasteiger partial charge in [-0.1, -0.05) is 12.7 Å². The van der Waals surface area contributed by atoms with Crippen LogP contribution in [0.4, 0.5) is 0 Å². The van der Waals surface area contributed by atoms with Gasteiger partial charge in [0.2, 0.25) is 0 Å². The second kappa shape index (κ2) is 4.01. The molecule has 0 fully saturated rings. The Morgan fingerprint density at radius 2 is 2.00 bits per heavy atom. The van der Waals surface area contributed by atoms with E-state index in [4.69, 9.17) is 0 Å². The SMILES string of the molecule is C=CC(=O)C(C=C)N(C)C. The molecule has 56 valence electrons. The predicted molar refractivity (Wildman–Crippen MR) is 42.9 cm³/mol. The lowest BCUT2D eigenvalue weighted by atomic mass is 10.2. The van der Waals surface area contributed by atoms with Crippen molar-refractivity contribution in [1.29, 1.82) is 0 Å². The molecule has 10 heavy (non-hydrogen) atoms. The van der Waals surface area contributed by atoms with Gasteiger partial charge in [-0.25, -0.2) is 0 Å². The number of likely N-dealkylation sites (N-methyl/N-ethyl adjacent to an activating group) is 1. The molecule has 2 nitrogen and oxygen atoms in total. The molecule has 2 heteroatoms. The Morgan fingerprint density at radius 3 is 2.10 bits per heavy atom. The third-order valence-corrected chi connectivity index (χ3v) is 1.27. The first-order chi connectivity index (χ1) is 4.63. The number of ketones is 1. The zero-order chi connectivity index (χ0) is 8.15. The van der Waals surface area contributed by atoms with Gasteiger partial charge in [0.05, 0.1) is 6.04 Å². The zero-order valence-corrected chi connectivity index (χ0v) is 6.50. The molecule has 0 amide bonds. The molecule has 0 aromatic rings. The summed E-state index contributed by atoms with van der Waals surface area (Å²) in [4.78, 5) is 12.7. The highest BCUT2D eigenvalue weighted by Gasteiger charge is 2.12. The summed E-state index contributed by atoms with van der Waals surface area (Å²) in [5, 5.41) is 0. The lowest BCUT2D eigenvalue weighted by Crippen LogP contribution is -2.32. The smallest absolute Gasteiger partial charge is 0.176 e. The van der Waals surface area contributed by atoms with Crippen molar-refractivity contribution in [3.05, 3.63) is 25.3 Å². The van der Waals surface area contributed by atoms with E-state index in [2.05, 4.69) is 13.2 Å². The third kappa shape index (κ3) is 2.15. The number of hydrogen-bond donors (Lipinski definition) is 0. The molecule has 0 bridgehead atoms. The quantitative estimate of drug-likeness (QED) is 0.425. The van der Waals surface area contributed by atoms with Crippen molar-refractivity contribution in [3.8, 4) is 0 Å². The average Bonchev–Trinajstić information content (AvgIpc) is 1.88. The Bertz CT molecular complexity index is 149. The second-order valence-electron chi connectivity index (χ2n) is 2.25. The molecule has 0 aliphatic heterocycles. The van der Waals surface area contributed by atoms with E-state index in [1.54, 1.807) is 11.0 Å². The maximum atomic E-state index is 11.0. The van der Waals surface area contributed by atoms with Crippen molar-refractivity contribution < 1.29 is 4.79 Å². The van der Waals surface area contributed by atoms with E-state index in [9.17, 15) is 4.79 Å². The lowest BCUT2D eigenvalue weighted by molar-refractivity contribution is -0.117. The highest BCUT2D eigenvalue weighted by Crippen LogP contribution is 1.96. The summed E-state index contributed by atoms with van der Waals surface area (Å²) in [6, 6.07) is -0.225. The number of rotatable bonds is 4. The Morgan fingerprint density at radius 1 is 1.50 bits per heavy atom. The molecule has 0 rings (SSSR count). The van der Waals surface area contributed by atoms with Crippen molar-refractivity contribution >= 4 is 5.78 Å². The van der Waals surface area contributed by atoms with Gasteiger partial charge in [0, 0.05) is 0 Å². The standard InChI is InChI=1S/C8H13NO/c1-5-7(9(3)4)8(10)6-2/h5-7H,1-2H2,3-4H3. The van der Waals surface area contributed by atoms with Crippen LogP contribution >= 0.6 is 0 Å². The van der Waals surface area contributed by atoms with Crippen LogP contribution in [0, 0.1) is 0 Å². The van der Waals surface area contributed by atoms with Gasteiger partial charge >= 0.3 is 0 Å². The van der Waals surface area contributed by atoms with E-state index in [0.717, 1.165) is 0 Å². The highest BCUT2D eigenvalue weighted by atomic mass is 16.1. The first-order valence-electron chi connectivity index (χ1n) is 3.08. The van der Waals surface area contributed by atoms with Crippen molar-refractivity contribution in [3.63, 3.8) is 0 Å². The molecular weight excluding hydrogens is 126 g/mol. The van der Waals surface area contributed by atoms with Crippen molar-refractivity contribution in [1.82, 2.24) is 4.90 Å². The van der Waals surface area contributed by atoms with E-state index in [1.165, 1.54) is 6.08 Å². The van der Waals surface area contributed by atoms with Crippen LogP contribution in [-0.2, 0) is 4.79 Å². The van der Waals surface area contributed by atoms with Crippen LogP contribution in [0.5, 0.6) is 0 Å². The predicted octanol–water partition coefficient (Wildman–Crippen LogP) is 0.858. The van der Waals surface area contributed by atoms with Gasteiger partial charge in [-0.05, 0) is 20.2 Å². The average molecular weight is 139 g/mol. The zero-order valence-electron chi connectivity index (χ0n) is 6.50. The number of carbonyl (C=O) groups excluding carboxylic acids is 1. The second-order valence-corrected chi connectivity index (χ2v) is 2.25. The number of carbonyl (C=O) groups is 1. The molecule has 0 radical (unpaired) electrons. The Kier molecular flexibility index (Phi) is 3.65. The third-order valence-electron chi connectivity index (χ3n) is 1.27. The fourth-order valence-corrected chi connectivity index (χ4v) is 0.702. The number of hydrogen-bond acceptors (Lipinski definition) is 2. The van der Waals surface area contributed by atoms with E-state index in [1.807, 2.05) is 14.1 Å². The summed E-state index contributed by atoms with van der Waals surface area (Å²) in [6.07, 6.45) is 2.91. The van der Waals surface area contributed by atoms with Crippen LogP contribution in [0.3, 0.4) is 0 Å². The van der Waals surface area contributed by atoms with Crippen molar-refractivity contribution in [2.45, 2.75) is 6.04 Å². The molecule has 0 saturated carbocycles. The van der Waals surface area contributed by atoms with Gasteiger partial charge < -0.3 is 0 Å². The summed E-state index contributed by atoms with van der Waals surface area (Å²) in [5.41, 5.74) is 0. The van der Waals surface area contributed by atoms with Crippen molar-refractivity contribution in [2.24, 2.45) is 0 Å². The molecule has 1 atom stereocenters. The summed E-state index contributed by atoms with van der Waals surface area (Å²) in [5.74, 6) is -0.0139. The fourth-order valence-electron chi connectivity index (χ4n) is 0.702. The molecule has 0 spiro atoms. The topological polar surface area (TPSA) is 20.3 Å². The van der Waals surface area contributed by atoms with Crippen LogP contribution in [0.2, 0.25) is 0 Å². The fraction of sp³-hybridized carbons (Fsp3) is 0.375. The van der Waals surface area contributed by atoms with Gasteiger partial charge in [0.15, 0.2) is 5.78 Å². The summed E-state index contributed by atoms with van der Waals surface area (Å²) >= 11 is 0. The minimum absolute atomic E-state index is 0.0139. The van der Waals surface area contributed by atoms with Crippen LogP contribution in [0.1, 0.15) is 0 Å². The Balaban J connectivity index is 4.19. The maximum Gasteiger partial charge on any atom is 0.176 e. The largest absolute Gasteiger partial charge is 0.296 e. The highest BCUT2D eigenvalue weighted by molar-refractivity contribution is 5.95. The van der Waals surface area contributed by atoms with Gasteiger partial charge in [-0.15, -0.1) is 6.58 Å². The van der Waals surface area contributed by atoms with Crippen LogP contribution < -0.4 is 0 Å². The maximum absolute atomic E-state index is 11.0. The monoisotopic (exact) mass is 139 g/mol. The molecule has 0 heterocycles. The van der Waals surface area contributed by atoms with Crippen molar-refractivity contribution in [2.75, 3.05) is 14.1 Å². The molecule has 0 N–H and O–H groups in total.